The molecule has 3 nitrogen and oxygen atoms in total. The summed E-state index contributed by atoms with van der Waals surface area (Å²) in [6, 6.07) is 9.21. The molecule has 0 saturated heterocycles. The minimum Gasteiger partial charge on any atom is -0.496 e. The van der Waals surface area contributed by atoms with Crippen molar-refractivity contribution in [2.24, 2.45) is 0 Å². The Balaban J connectivity index is 2.71. The van der Waals surface area contributed by atoms with Gasteiger partial charge in [-0.05, 0) is 30.7 Å². The minimum absolute atomic E-state index is 0.416. The first-order valence-corrected chi connectivity index (χ1v) is 5.57. The number of benzene rings is 1. The maximum atomic E-state index is 5.94. The Kier molecular flexibility index (Phi) is 3.20. The summed E-state index contributed by atoms with van der Waals surface area (Å²) in [5, 5.41) is 0.416. The number of hydrogen-bond donors (Lipinski definition) is 1. The summed E-state index contributed by atoms with van der Waals surface area (Å²) in [6.07, 6.45) is 0. The highest BCUT2D eigenvalue weighted by atomic mass is 35.5. The van der Waals surface area contributed by atoms with Crippen LogP contribution in [0.4, 0.5) is 5.69 Å². The molecule has 2 aromatic rings. The summed E-state index contributed by atoms with van der Waals surface area (Å²) in [5.74, 6) is 0.742. The third-order valence-electron chi connectivity index (χ3n) is 2.58. The van der Waals surface area contributed by atoms with Crippen LogP contribution in [-0.2, 0) is 0 Å². The van der Waals surface area contributed by atoms with Gasteiger partial charge in [-0.2, -0.15) is 0 Å². The van der Waals surface area contributed by atoms with Gasteiger partial charge in [0.15, 0.2) is 0 Å². The number of anilines is 1. The molecule has 0 fully saturated rings. The summed E-state index contributed by atoms with van der Waals surface area (Å²) >= 11 is 5.91. The highest BCUT2D eigenvalue weighted by Crippen LogP contribution is 2.35. The Bertz CT molecular complexity index is 555. The molecule has 0 aliphatic heterocycles. The molecule has 4 heteroatoms. The number of hydrogen-bond acceptors (Lipinski definition) is 3. The van der Waals surface area contributed by atoms with Gasteiger partial charge in [0.2, 0.25) is 0 Å². The highest BCUT2D eigenvalue weighted by molar-refractivity contribution is 6.29. The number of ether oxygens (including phenoxy) is 1. The van der Waals surface area contributed by atoms with Crippen LogP contribution in [0.2, 0.25) is 5.15 Å². The highest BCUT2D eigenvalue weighted by Gasteiger charge is 2.13. The van der Waals surface area contributed by atoms with Crippen molar-refractivity contribution in [3.05, 3.63) is 41.0 Å². The number of halogens is 1. The summed E-state index contributed by atoms with van der Waals surface area (Å²) in [5.41, 5.74) is 9.11. The van der Waals surface area contributed by atoms with E-state index in [0.717, 1.165) is 16.9 Å². The molecule has 0 atom stereocenters. The molecule has 17 heavy (non-hydrogen) atoms. The smallest absolute Gasteiger partial charge is 0.129 e. The van der Waals surface area contributed by atoms with Crippen LogP contribution in [0.5, 0.6) is 5.75 Å². The number of rotatable bonds is 2. The molecule has 2 N–H and O–H groups in total. The Hall–Kier alpha value is -1.74. The van der Waals surface area contributed by atoms with Gasteiger partial charge in [-0.15, -0.1) is 0 Å². The number of aromatic nitrogens is 1. The summed E-state index contributed by atoms with van der Waals surface area (Å²) in [6.45, 7) is 1.99. The van der Waals surface area contributed by atoms with Crippen LogP contribution < -0.4 is 10.5 Å². The van der Waals surface area contributed by atoms with Gasteiger partial charge in [-0.1, -0.05) is 23.7 Å². The van der Waals surface area contributed by atoms with E-state index >= 15 is 0 Å². The fraction of sp³-hybridized carbons (Fsp3) is 0.154. The second kappa shape index (κ2) is 4.63. The minimum atomic E-state index is 0.416. The van der Waals surface area contributed by atoms with Crippen molar-refractivity contribution >= 4 is 17.3 Å². The molecule has 0 saturated carbocycles. The molecule has 0 amide bonds. The molecule has 0 aliphatic rings. The van der Waals surface area contributed by atoms with Crippen LogP contribution in [0.1, 0.15) is 5.56 Å². The number of nitrogens with zero attached hydrogens (tertiary/aromatic N) is 1. The zero-order valence-corrected chi connectivity index (χ0v) is 10.5. The second-order valence-corrected chi connectivity index (χ2v) is 4.11. The van der Waals surface area contributed by atoms with Crippen LogP contribution >= 0.6 is 11.6 Å². The van der Waals surface area contributed by atoms with E-state index in [1.54, 1.807) is 19.2 Å². The number of aryl methyl sites for hydroxylation is 1. The molecule has 88 valence electrons. The van der Waals surface area contributed by atoms with Crippen LogP contribution in [0.3, 0.4) is 0 Å². The largest absolute Gasteiger partial charge is 0.496 e. The van der Waals surface area contributed by atoms with Crippen LogP contribution in [0.15, 0.2) is 30.3 Å². The van der Waals surface area contributed by atoms with E-state index < -0.39 is 0 Å². The summed E-state index contributed by atoms with van der Waals surface area (Å²) in [7, 11) is 1.62. The first-order chi connectivity index (χ1) is 8.13. The maximum Gasteiger partial charge on any atom is 0.129 e. The molecule has 0 unspecified atom stereocenters. The van der Waals surface area contributed by atoms with Crippen molar-refractivity contribution in [3.63, 3.8) is 0 Å². The summed E-state index contributed by atoms with van der Waals surface area (Å²) in [4.78, 5) is 4.27. The predicted molar refractivity (Wildman–Crippen MR) is 70.4 cm³/mol. The Morgan fingerprint density at radius 3 is 2.71 bits per heavy atom. The number of nitrogens with two attached hydrogens (primary N) is 1. The molecule has 0 radical (unpaired) electrons. The third kappa shape index (κ3) is 2.19. The van der Waals surface area contributed by atoms with Crippen LogP contribution in [0, 0.1) is 6.92 Å². The topological polar surface area (TPSA) is 48.1 Å². The van der Waals surface area contributed by atoms with E-state index in [1.165, 1.54) is 0 Å². The zero-order valence-electron chi connectivity index (χ0n) is 9.70. The van der Waals surface area contributed by atoms with E-state index in [0.29, 0.717) is 16.5 Å². The molecular weight excluding hydrogens is 236 g/mol. The number of nitrogen functional groups attached to an aromatic ring is 1. The molecule has 1 aromatic carbocycles. The SMILES string of the molecule is COc1cccc(C)c1-c1nc(Cl)ccc1N. The van der Waals surface area contributed by atoms with Crippen molar-refractivity contribution in [3.8, 4) is 17.0 Å². The van der Waals surface area contributed by atoms with E-state index in [4.69, 9.17) is 22.1 Å². The van der Waals surface area contributed by atoms with Gasteiger partial charge < -0.3 is 10.5 Å². The normalized spacial score (nSPS) is 10.3. The van der Waals surface area contributed by atoms with E-state index in [1.807, 2.05) is 25.1 Å². The van der Waals surface area contributed by atoms with E-state index in [-0.39, 0.29) is 0 Å². The lowest BCUT2D eigenvalue weighted by molar-refractivity contribution is 0.416. The Labute approximate surface area is 105 Å². The molecular formula is C13H13ClN2O. The lowest BCUT2D eigenvalue weighted by Gasteiger charge is -2.12. The lowest BCUT2D eigenvalue weighted by Crippen LogP contribution is -1.98. The van der Waals surface area contributed by atoms with Crippen molar-refractivity contribution in [1.29, 1.82) is 0 Å². The van der Waals surface area contributed by atoms with Crippen LogP contribution in [-0.4, -0.2) is 12.1 Å². The number of methoxy groups -OCH3 is 1. The fourth-order valence-corrected chi connectivity index (χ4v) is 1.91. The molecule has 1 aromatic heterocycles. The average molecular weight is 249 g/mol. The van der Waals surface area contributed by atoms with Gasteiger partial charge in [0.25, 0.3) is 0 Å². The molecule has 0 spiro atoms. The fourth-order valence-electron chi connectivity index (χ4n) is 1.76. The average Bonchev–Trinajstić information content (AvgIpc) is 2.32. The van der Waals surface area contributed by atoms with Gasteiger partial charge >= 0.3 is 0 Å². The Morgan fingerprint density at radius 1 is 1.24 bits per heavy atom. The molecule has 1 heterocycles. The number of pyridine rings is 1. The molecule has 0 bridgehead atoms. The quantitative estimate of drug-likeness (QED) is 0.830. The first-order valence-electron chi connectivity index (χ1n) is 5.19. The van der Waals surface area contributed by atoms with Gasteiger partial charge in [0, 0.05) is 5.56 Å². The Morgan fingerprint density at radius 2 is 2.00 bits per heavy atom. The van der Waals surface area contributed by atoms with Crippen molar-refractivity contribution < 1.29 is 4.74 Å². The van der Waals surface area contributed by atoms with Crippen LogP contribution in [0.25, 0.3) is 11.3 Å². The monoisotopic (exact) mass is 248 g/mol. The summed E-state index contributed by atoms with van der Waals surface area (Å²) < 4.78 is 5.34. The van der Waals surface area contributed by atoms with Gasteiger partial charge in [-0.3, -0.25) is 0 Å². The van der Waals surface area contributed by atoms with Crippen molar-refractivity contribution in [2.45, 2.75) is 6.92 Å². The van der Waals surface area contributed by atoms with Crippen molar-refractivity contribution in [1.82, 2.24) is 4.98 Å². The van der Waals surface area contributed by atoms with Gasteiger partial charge in [0.05, 0.1) is 18.5 Å². The third-order valence-corrected chi connectivity index (χ3v) is 2.79. The first kappa shape index (κ1) is 11.7. The molecule has 2 rings (SSSR count). The lowest BCUT2D eigenvalue weighted by atomic mass is 10.0. The zero-order chi connectivity index (χ0) is 12.4. The predicted octanol–water partition coefficient (Wildman–Crippen LogP) is 3.30. The van der Waals surface area contributed by atoms with Gasteiger partial charge in [-0.25, -0.2) is 4.98 Å². The van der Waals surface area contributed by atoms with Gasteiger partial charge in [0.1, 0.15) is 10.9 Å². The van der Waals surface area contributed by atoms with E-state index in [9.17, 15) is 0 Å². The maximum absolute atomic E-state index is 5.94. The van der Waals surface area contributed by atoms with Crippen molar-refractivity contribution in [2.75, 3.05) is 12.8 Å². The van der Waals surface area contributed by atoms with E-state index in [2.05, 4.69) is 4.98 Å². The molecule has 0 aliphatic carbocycles. The second-order valence-electron chi connectivity index (χ2n) is 3.72. The standard InChI is InChI=1S/C13H13ClN2O/c1-8-4-3-5-10(17-2)12(8)13-9(15)6-7-11(14)16-13/h3-7H,15H2,1-2H3.